The molecule has 1 aromatic carbocycles. The van der Waals surface area contributed by atoms with Crippen LogP contribution in [0.4, 0.5) is 5.00 Å². The van der Waals surface area contributed by atoms with Crippen molar-refractivity contribution in [2.75, 3.05) is 5.32 Å². The number of carbonyl (C=O) groups is 2. The SMILES string of the molecule is CCc1ccc(O)c(-c2cc(C(=O)Nc3sc4c(c3C(=O)NCc3ccco3)CCC4)[nH]n2)c1. The average Bonchev–Trinajstić information content (AvgIpc) is 3.62. The Morgan fingerprint density at radius 3 is 2.88 bits per heavy atom. The first-order chi connectivity index (χ1) is 16.5. The first kappa shape index (κ1) is 22.0. The van der Waals surface area contributed by atoms with Crippen LogP contribution in [0, 0.1) is 0 Å². The first-order valence-electron chi connectivity index (χ1n) is 11.2. The van der Waals surface area contributed by atoms with Gasteiger partial charge in [0.05, 0.1) is 24.1 Å². The van der Waals surface area contributed by atoms with Crippen molar-refractivity contribution >= 4 is 28.2 Å². The van der Waals surface area contributed by atoms with Crippen molar-refractivity contribution in [2.24, 2.45) is 0 Å². The van der Waals surface area contributed by atoms with Crippen molar-refractivity contribution in [3.63, 3.8) is 0 Å². The molecule has 0 saturated heterocycles. The largest absolute Gasteiger partial charge is 0.507 e. The molecule has 3 aromatic heterocycles. The summed E-state index contributed by atoms with van der Waals surface area (Å²) in [6, 6.07) is 10.5. The topological polar surface area (TPSA) is 120 Å². The number of benzene rings is 1. The van der Waals surface area contributed by atoms with Crippen LogP contribution in [0.5, 0.6) is 5.75 Å². The number of thiophene rings is 1. The van der Waals surface area contributed by atoms with E-state index < -0.39 is 5.91 Å². The number of H-pyrrole nitrogens is 1. The number of aromatic hydroxyl groups is 1. The Morgan fingerprint density at radius 1 is 1.21 bits per heavy atom. The van der Waals surface area contributed by atoms with E-state index in [0.29, 0.717) is 27.6 Å². The molecule has 0 atom stereocenters. The maximum atomic E-state index is 13.0. The van der Waals surface area contributed by atoms with Gasteiger partial charge in [-0.25, -0.2) is 0 Å². The predicted molar refractivity (Wildman–Crippen MR) is 129 cm³/mol. The Labute approximate surface area is 200 Å². The van der Waals surface area contributed by atoms with Crippen LogP contribution in [-0.4, -0.2) is 27.1 Å². The second-order valence-electron chi connectivity index (χ2n) is 8.15. The molecule has 4 aromatic rings. The van der Waals surface area contributed by atoms with Crippen LogP contribution < -0.4 is 10.6 Å². The minimum Gasteiger partial charge on any atom is -0.507 e. The van der Waals surface area contributed by atoms with E-state index in [-0.39, 0.29) is 23.9 Å². The van der Waals surface area contributed by atoms with Crippen LogP contribution in [0.2, 0.25) is 0 Å². The minimum absolute atomic E-state index is 0.0980. The fraction of sp³-hybridized carbons (Fsp3) is 0.240. The maximum absolute atomic E-state index is 13.0. The monoisotopic (exact) mass is 476 g/mol. The summed E-state index contributed by atoms with van der Waals surface area (Å²) in [4.78, 5) is 27.2. The van der Waals surface area contributed by atoms with Gasteiger partial charge in [0.15, 0.2) is 0 Å². The number of amides is 2. The van der Waals surface area contributed by atoms with Crippen LogP contribution in [0.25, 0.3) is 11.3 Å². The van der Waals surface area contributed by atoms with E-state index >= 15 is 0 Å². The summed E-state index contributed by atoms with van der Waals surface area (Å²) < 4.78 is 5.30. The van der Waals surface area contributed by atoms with Crippen molar-refractivity contribution in [3.8, 4) is 17.0 Å². The molecule has 4 N–H and O–H groups in total. The molecular formula is C25H24N4O4S. The quantitative estimate of drug-likeness (QED) is 0.309. The summed E-state index contributed by atoms with van der Waals surface area (Å²) >= 11 is 1.44. The fourth-order valence-corrected chi connectivity index (χ4v) is 5.44. The normalized spacial score (nSPS) is 12.5. The highest BCUT2D eigenvalue weighted by atomic mass is 32.1. The van der Waals surface area contributed by atoms with E-state index in [4.69, 9.17) is 4.42 Å². The van der Waals surface area contributed by atoms with E-state index in [1.807, 2.05) is 19.1 Å². The summed E-state index contributed by atoms with van der Waals surface area (Å²) in [7, 11) is 0. The molecule has 0 spiro atoms. The molecule has 0 unspecified atom stereocenters. The highest BCUT2D eigenvalue weighted by Crippen LogP contribution is 2.39. The molecule has 2 amide bonds. The lowest BCUT2D eigenvalue weighted by Crippen LogP contribution is -2.25. The van der Waals surface area contributed by atoms with Crippen molar-refractivity contribution in [2.45, 2.75) is 39.2 Å². The molecule has 0 bridgehead atoms. The Morgan fingerprint density at radius 2 is 2.09 bits per heavy atom. The van der Waals surface area contributed by atoms with Crippen LogP contribution in [0.15, 0.2) is 47.1 Å². The zero-order chi connectivity index (χ0) is 23.7. The lowest BCUT2D eigenvalue weighted by molar-refractivity contribution is 0.0948. The number of rotatable bonds is 7. The van der Waals surface area contributed by atoms with Crippen LogP contribution >= 0.6 is 11.3 Å². The number of aryl methyl sites for hydroxylation is 2. The number of furan rings is 1. The number of hydrogen-bond donors (Lipinski definition) is 4. The lowest BCUT2D eigenvalue weighted by atomic mass is 10.1. The molecule has 174 valence electrons. The molecular weight excluding hydrogens is 452 g/mol. The lowest BCUT2D eigenvalue weighted by Gasteiger charge is -2.08. The van der Waals surface area contributed by atoms with Gasteiger partial charge in [0.1, 0.15) is 22.2 Å². The van der Waals surface area contributed by atoms with Gasteiger partial charge in [0.25, 0.3) is 11.8 Å². The van der Waals surface area contributed by atoms with Gasteiger partial charge in [-0.3, -0.25) is 14.7 Å². The summed E-state index contributed by atoms with van der Waals surface area (Å²) in [5, 5.41) is 23.5. The van der Waals surface area contributed by atoms with Crippen molar-refractivity contribution in [1.82, 2.24) is 15.5 Å². The van der Waals surface area contributed by atoms with Crippen molar-refractivity contribution in [1.29, 1.82) is 0 Å². The molecule has 5 rings (SSSR count). The van der Waals surface area contributed by atoms with E-state index in [2.05, 4.69) is 20.8 Å². The number of nitrogens with zero attached hydrogens (tertiary/aromatic N) is 1. The van der Waals surface area contributed by atoms with Gasteiger partial charge < -0.3 is 20.2 Å². The van der Waals surface area contributed by atoms with Gasteiger partial charge in [0.2, 0.25) is 0 Å². The van der Waals surface area contributed by atoms with Gasteiger partial charge in [-0.05, 0) is 67.1 Å². The fourth-order valence-electron chi connectivity index (χ4n) is 4.16. The zero-order valence-corrected chi connectivity index (χ0v) is 19.4. The van der Waals surface area contributed by atoms with Crippen molar-refractivity contribution < 1.29 is 19.1 Å². The van der Waals surface area contributed by atoms with Crippen LogP contribution in [0.1, 0.15) is 56.0 Å². The van der Waals surface area contributed by atoms with E-state index in [1.54, 1.807) is 30.5 Å². The molecule has 9 heteroatoms. The predicted octanol–water partition coefficient (Wildman–Crippen LogP) is 4.67. The number of aromatic amines is 1. The molecule has 8 nitrogen and oxygen atoms in total. The number of hydrogen-bond acceptors (Lipinski definition) is 6. The van der Waals surface area contributed by atoms with Gasteiger partial charge in [-0.2, -0.15) is 5.10 Å². The molecule has 0 saturated carbocycles. The number of aromatic nitrogens is 2. The van der Waals surface area contributed by atoms with Gasteiger partial charge in [-0.1, -0.05) is 13.0 Å². The van der Waals surface area contributed by atoms with Gasteiger partial charge in [-0.15, -0.1) is 11.3 Å². The average molecular weight is 477 g/mol. The molecule has 0 radical (unpaired) electrons. The standard InChI is InChI=1S/C25H24N4O4S/c1-2-14-8-9-20(30)17(11-14)18-12-19(29-28-18)23(31)27-25-22(16-6-3-7-21(16)34-25)24(32)26-13-15-5-4-10-33-15/h4-5,8-12,30H,2-3,6-7,13H2,1H3,(H,26,32)(H,27,31)(H,28,29). The molecule has 34 heavy (non-hydrogen) atoms. The summed E-state index contributed by atoms with van der Waals surface area (Å²) in [6.07, 6.45) is 5.09. The number of phenols is 1. The molecule has 1 aliphatic carbocycles. The summed E-state index contributed by atoms with van der Waals surface area (Å²) in [5.41, 5.74) is 3.85. The number of phenolic OH excluding ortho intramolecular Hbond substituents is 1. The third kappa shape index (κ3) is 4.22. The minimum atomic E-state index is -0.398. The third-order valence-corrected chi connectivity index (χ3v) is 7.15. The molecule has 0 aliphatic heterocycles. The molecule has 0 fully saturated rings. The van der Waals surface area contributed by atoms with E-state index in [0.717, 1.165) is 41.7 Å². The number of fused-ring (bicyclic) bond motifs is 1. The van der Waals surface area contributed by atoms with E-state index in [1.165, 1.54) is 11.3 Å². The number of carbonyl (C=O) groups excluding carboxylic acids is 2. The Kier molecular flexibility index (Phi) is 5.93. The second-order valence-corrected chi connectivity index (χ2v) is 9.25. The van der Waals surface area contributed by atoms with E-state index in [9.17, 15) is 14.7 Å². The zero-order valence-electron chi connectivity index (χ0n) is 18.6. The molecule has 3 heterocycles. The summed E-state index contributed by atoms with van der Waals surface area (Å²) in [5.74, 6) is 0.120. The first-order valence-corrected chi connectivity index (χ1v) is 12.0. The third-order valence-electron chi connectivity index (χ3n) is 5.95. The molecule has 1 aliphatic rings. The van der Waals surface area contributed by atoms with Gasteiger partial charge >= 0.3 is 0 Å². The number of anilines is 1. The smallest absolute Gasteiger partial charge is 0.274 e. The van der Waals surface area contributed by atoms with Crippen LogP contribution in [0.3, 0.4) is 0 Å². The van der Waals surface area contributed by atoms with Crippen molar-refractivity contribution in [3.05, 3.63) is 75.7 Å². The Hall–Kier alpha value is -3.85. The Bertz CT molecular complexity index is 1350. The second kappa shape index (κ2) is 9.18. The number of nitrogens with one attached hydrogen (secondary N) is 3. The highest BCUT2D eigenvalue weighted by molar-refractivity contribution is 7.17. The van der Waals surface area contributed by atoms with Gasteiger partial charge in [0, 0.05) is 10.4 Å². The Balaban J connectivity index is 1.37. The maximum Gasteiger partial charge on any atom is 0.274 e. The van der Waals surface area contributed by atoms with Crippen LogP contribution in [-0.2, 0) is 25.8 Å². The summed E-state index contributed by atoms with van der Waals surface area (Å²) in [6.45, 7) is 2.30. The highest BCUT2D eigenvalue weighted by Gasteiger charge is 2.28.